The van der Waals surface area contributed by atoms with Gasteiger partial charge in [-0.05, 0) is 31.4 Å². The van der Waals surface area contributed by atoms with Crippen LogP contribution in [-0.4, -0.2) is 26.3 Å². The van der Waals surface area contributed by atoms with Gasteiger partial charge in [0.15, 0.2) is 0 Å². The third kappa shape index (κ3) is 2.97. The van der Waals surface area contributed by atoms with Crippen LogP contribution in [0.2, 0.25) is 0 Å². The molecule has 3 aromatic heterocycles. The zero-order chi connectivity index (χ0) is 18.1. The van der Waals surface area contributed by atoms with E-state index in [1.165, 1.54) is 22.4 Å². The highest BCUT2D eigenvalue weighted by molar-refractivity contribution is 7.17. The molecule has 6 heteroatoms. The molecule has 0 aliphatic carbocycles. The monoisotopic (exact) mass is 363 g/mol. The molecule has 1 aromatic carbocycles. The summed E-state index contributed by atoms with van der Waals surface area (Å²) in [6, 6.07) is 10.4. The second kappa shape index (κ2) is 6.88. The molecule has 0 atom stereocenters. The molecule has 0 bridgehead atoms. The minimum atomic E-state index is 0.809. The summed E-state index contributed by atoms with van der Waals surface area (Å²) in [6.07, 6.45) is 2.55. The van der Waals surface area contributed by atoms with E-state index in [1.807, 2.05) is 17.8 Å². The molecule has 4 rings (SSSR count). The smallest absolute Gasteiger partial charge is 0.138 e. The summed E-state index contributed by atoms with van der Waals surface area (Å²) in [6.45, 7) is 4.99. The molecule has 0 spiro atoms. The molecule has 0 amide bonds. The number of aryl methyl sites for hydroxylation is 2. The Hall–Kier alpha value is -2.73. The zero-order valence-electron chi connectivity index (χ0n) is 15.2. The number of hydrogen-bond donors (Lipinski definition) is 1. The molecule has 0 aliphatic rings. The highest BCUT2D eigenvalue weighted by Crippen LogP contribution is 2.36. The van der Waals surface area contributed by atoms with Crippen molar-refractivity contribution in [1.82, 2.24) is 19.7 Å². The van der Waals surface area contributed by atoms with Gasteiger partial charge < -0.3 is 5.32 Å². The van der Waals surface area contributed by atoms with E-state index in [2.05, 4.69) is 63.9 Å². The fourth-order valence-corrected chi connectivity index (χ4v) is 4.24. The average molecular weight is 363 g/mol. The lowest BCUT2D eigenvalue weighted by Gasteiger charge is -2.09. The van der Waals surface area contributed by atoms with E-state index in [4.69, 9.17) is 0 Å². The molecule has 26 heavy (non-hydrogen) atoms. The third-order valence-corrected chi connectivity index (χ3v) is 5.67. The van der Waals surface area contributed by atoms with Gasteiger partial charge >= 0.3 is 0 Å². The maximum absolute atomic E-state index is 4.51. The van der Waals surface area contributed by atoms with Gasteiger partial charge in [-0.25, -0.2) is 9.97 Å². The van der Waals surface area contributed by atoms with Crippen LogP contribution >= 0.6 is 11.3 Å². The predicted molar refractivity (Wildman–Crippen MR) is 108 cm³/mol. The van der Waals surface area contributed by atoms with Gasteiger partial charge in [0, 0.05) is 30.2 Å². The van der Waals surface area contributed by atoms with E-state index in [0.29, 0.717) is 0 Å². The highest BCUT2D eigenvalue weighted by atomic mass is 32.1. The quantitative estimate of drug-likeness (QED) is 0.572. The Morgan fingerprint density at radius 1 is 1.12 bits per heavy atom. The summed E-state index contributed by atoms with van der Waals surface area (Å²) in [5.74, 6) is 0.897. The first-order chi connectivity index (χ1) is 12.6. The molecule has 5 nitrogen and oxygen atoms in total. The number of thiophene rings is 1. The van der Waals surface area contributed by atoms with E-state index < -0.39 is 0 Å². The summed E-state index contributed by atoms with van der Waals surface area (Å²) < 4.78 is 1.94. The summed E-state index contributed by atoms with van der Waals surface area (Å²) >= 11 is 1.66. The van der Waals surface area contributed by atoms with Crippen molar-refractivity contribution in [1.29, 1.82) is 0 Å². The van der Waals surface area contributed by atoms with Crippen molar-refractivity contribution in [3.8, 4) is 11.1 Å². The van der Waals surface area contributed by atoms with Crippen molar-refractivity contribution in [2.24, 2.45) is 7.05 Å². The Kier molecular flexibility index (Phi) is 4.42. The molecule has 0 aliphatic heterocycles. The number of benzene rings is 1. The van der Waals surface area contributed by atoms with Crippen LogP contribution in [-0.2, 0) is 13.5 Å². The van der Waals surface area contributed by atoms with Gasteiger partial charge in [0.2, 0.25) is 0 Å². The van der Waals surface area contributed by atoms with Crippen LogP contribution in [0.4, 0.5) is 5.82 Å². The van der Waals surface area contributed by atoms with Gasteiger partial charge in [0.25, 0.3) is 0 Å². The molecule has 3 heterocycles. The molecule has 0 saturated carbocycles. The van der Waals surface area contributed by atoms with Gasteiger partial charge in [0.05, 0.1) is 11.1 Å². The molecule has 0 radical (unpaired) electrons. The number of anilines is 1. The van der Waals surface area contributed by atoms with Crippen LogP contribution < -0.4 is 5.32 Å². The first-order valence-corrected chi connectivity index (χ1v) is 9.53. The molecule has 132 valence electrons. The molecular formula is C20H21N5S. The number of fused-ring (bicyclic) bond motifs is 1. The van der Waals surface area contributed by atoms with Crippen molar-refractivity contribution in [2.75, 3.05) is 11.9 Å². The van der Waals surface area contributed by atoms with Gasteiger partial charge in [0.1, 0.15) is 17.0 Å². The normalized spacial score (nSPS) is 11.2. The van der Waals surface area contributed by atoms with Crippen LogP contribution in [0.25, 0.3) is 21.3 Å². The van der Waals surface area contributed by atoms with Crippen LogP contribution in [0.15, 0.2) is 42.0 Å². The van der Waals surface area contributed by atoms with Crippen LogP contribution in [0, 0.1) is 13.8 Å². The summed E-state index contributed by atoms with van der Waals surface area (Å²) in [7, 11) is 1.99. The Balaban J connectivity index is 1.62. The predicted octanol–water partition coefficient (Wildman–Crippen LogP) is 4.36. The van der Waals surface area contributed by atoms with E-state index in [-0.39, 0.29) is 0 Å². The second-order valence-electron chi connectivity index (χ2n) is 6.37. The SMILES string of the molecule is Cc1nn(C)c(C)c1CCNc1ncnc2scc(-c3ccccc3)c12. The van der Waals surface area contributed by atoms with Gasteiger partial charge in [-0.2, -0.15) is 5.10 Å². The summed E-state index contributed by atoms with van der Waals surface area (Å²) in [4.78, 5) is 9.96. The Labute approximate surface area is 156 Å². The lowest BCUT2D eigenvalue weighted by Crippen LogP contribution is -2.08. The number of rotatable bonds is 5. The van der Waals surface area contributed by atoms with Crippen LogP contribution in [0.1, 0.15) is 17.0 Å². The van der Waals surface area contributed by atoms with Gasteiger partial charge in [-0.15, -0.1) is 11.3 Å². The van der Waals surface area contributed by atoms with E-state index in [0.717, 1.165) is 34.7 Å². The fourth-order valence-electron chi connectivity index (χ4n) is 3.32. The standard InChI is InChI=1S/C20H21N5S/c1-13-16(14(2)25(3)24-13)9-10-21-19-18-17(15-7-5-4-6-8-15)11-26-20(18)23-12-22-19/h4-8,11-12H,9-10H2,1-3H3,(H,21,22,23). The first-order valence-electron chi connectivity index (χ1n) is 8.65. The molecule has 0 unspecified atom stereocenters. The second-order valence-corrected chi connectivity index (χ2v) is 7.23. The maximum atomic E-state index is 4.51. The first kappa shape index (κ1) is 16.7. The van der Waals surface area contributed by atoms with E-state index in [9.17, 15) is 0 Å². The van der Waals surface area contributed by atoms with E-state index >= 15 is 0 Å². The molecule has 0 fully saturated rings. The van der Waals surface area contributed by atoms with Gasteiger partial charge in [-0.1, -0.05) is 30.3 Å². The molecule has 0 saturated heterocycles. The Morgan fingerprint density at radius 3 is 2.65 bits per heavy atom. The number of hydrogen-bond acceptors (Lipinski definition) is 5. The number of aromatic nitrogens is 4. The number of nitrogens with one attached hydrogen (secondary N) is 1. The van der Waals surface area contributed by atoms with Gasteiger partial charge in [-0.3, -0.25) is 4.68 Å². The lowest BCUT2D eigenvalue weighted by molar-refractivity contribution is 0.730. The molecule has 1 N–H and O–H groups in total. The van der Waals surface area contributed by atoms with E-state index in [1.54, 1.807) is 17.7 Å². The lowest BCUT2D eigenvalue weighted by atomic mass is 10.1. The van der Waals surface area contributed by atoms with Crippen molar-refractivity contribution in [2.45, 2.75) is 20.3 Å². The summed E-state index contributed by atoms with van der Waals surface area (Å²) in [5.41, 5.74) is 6.00. The minimum absolute atomic E-state index is 0.809. The summed E-state index contributed by atoms with van der Waals surface area (Å²) in [5, 5.41) is 11.3. The Morgan fingerprint density at radius 2 is 1.92 bits per heavy atom. The average Bonchev–Trinajstić information content (AvgIpc) is 3.19. The van der Waals surface area contributed by atoms with Crippen LogP contribution in [0.3, 0.4) is 0 Å². The Bertz CT molecular complexity index is 1050. The van der Waals surface area contributed by atoms with Crippen molar-refractivity contribution in [3.05, 3.63) is 59.0 Å². The topological polar surface area (TPSA) is 55.6 Å². The largest absolute Gasteiger partial charge is 0.369 e. The zero-order valence-corrected chi connectivity index (χ0v) is 16.0. The maximum Gasteiger partial charge on any atom is 0.138 e. The highest BCUT2D eigenvalue weighted by Gasteiger charge is 2.14. The van der Waals surface area contributed by atoms with Crippen molar-refractivity contribution < 1.29 is 0 Å². The minimum Gasteiger partial charge on any atom is -0.369 e. The number of nitrogens with zero attached hydrogens (tertiary/aromatic N) is 4. The van der Waals surface area contributed by atoms with Crippen molar-refractivity contribution >= 4 is 27.4 Å². The fraction of sp³-hybridized carbons (Fsp3) is 0.250. The van der Waals surface area contributed by atoms with Crippen LogP contribution in [0.5, 0.6) is 0 Å². The molecular weight excluding hydrogens is 342 g/mol. The third-order valence-electron chi connectivity index (χ3n) is 4.78. The van der Waals surface area contributed by atoms with Crippen molar-refractivity contribution in [3.63, 3.8) is 0 Å². The molecule has 4 aromatic rings.